The monoisotopic (exact) mass is 221 g/mol. The number of pyridine rings is 1. The van der Waals surface area contributed by atoms with E-state index in [0.29, 0.717) is 5.15 Å². The van der Waals surface area contributed by atoms with Gasteiger partial charge in [0.05, 0.1) is 24.1 Å². The van der Waals surface area contributed by atoms with Crippen molar-refractivity contribution in [3.63, 3.8) is 0 Å². The van der Waals surface area contributed by atoms with Crippen LogP contribution in [0.3, 0.4) is 0 Å². The Hall–Kier alpha value is -1.62. The van der Waals surface area contributed by atoms with Gasteiger partial charge in [0.2, 0.25) is 0 Å². The van der Waals surface area contributed by atoms with Gasteiger partial charge in [-0.2, -0.15) is 0 Å². The Morgan fingerprint density at radius 2 is 2.33 bits per heavy atom. The topological polar surface area (TPSA) is 46.8 Å². The van der Waals surface area contributed by atoms with E-state index in [-0.39, 0.29) is 0 Å². The summed E-state index contributed by atoms with van der Waals surface area (Å²) in [5.41, 5.74) is 2.88. The minimum Gasteiger partial charge on any atom is -0.364 e. The average molecular weight is 222 g/mol. The van der Waals surface area contributed by atoms with Crippen LogP contribution in [0.2, 0.25) is 5.15 Å². The number of aromatic nitrogens is 4. The van der Waals surface area contributed by atoms with Gasteiger partial charge < -0.3 is 4.90 Å². The molecule has 0 N–H and O–H groups in total. The fraction of sp³-hybridized carbons (Fsp3) is 0.222. The molecule has 15 heavy (non-hydrogen) atoms. The van der Waals surface area contributed by atoms with Crippen LogP contribution >= 0.6 is 11.6 Å². The molecule has 0 bridgehead atoms. The lowest BCUT2D eigenvalue weighted by molar-refractivity contribution is 0.714. The maximum Gasteiger partial charge on any atom is 0.154 e. The lowest BCUT2D eigenvalue weighted by Gasteiger charge is -2.27. The van der Waals surface area contributed by atoms with E-state index in [1.54, 1.807) is 17.1 Å². The molecule has 0 aliphatic carbocycles. The number of nitrogens with zero attached hydrogens (tertiary/aromatic N) is 5. The van der Waals surface area contributed by atoms with E-state index in [0.717, 1.165) is 23.6 Å². The molecule has 3 heterocycles. The van der Waals surface area contributed by atoms with E-state index in [1.165, 1.54) is 0 Å². The standard InChI is InChI=1S/C9H8ClN5/c1-14-5-6-4-12-13-15(6)7-2-3-11-9(10)8(7)14/h2-4H,5H2,1H3. The first-order valence-corrected chi connectivity index (χ1v) is 4.91. The van der Waals surface area contributed by atoms with Gasteiger partial charge in [-0.3, -0.25) is 0 Å². The van der Waals surface area contributed by atoms with Gasteiger partial charge in [0, 0.05) is 13.2 Å². The highest BCUT2D eigenvalue weighted by molar-refractivity contribution is 6.32. The Balaban J connectivity index is 2.33. The van der Waals surface area contributed by atoms with Crippen molar-refractivity contribution in [1.29, 1.82) is 0 Å². The molecule has 0 amide bonds. The van der Waals surface area contributed by atoms with Crippen LogP contribution in [0.5, 0.6) is 0 Å². The van der Waals surface area contributed by atoms with Crippen molar-refractivity contribution in [1.82, 2.24) is 20.0 Å². The lowest BCUT2D eigenvalue weighted by Crippen LogP contribution is -2.26. The molecule has 3 rings (SSSR count). The summed E-state index contributed by atoms with van der Waals surface area (Å²) in [4.78, 5) is 6.11. The molecule has 0 saturated carbocycles. The van der Waals surface area contributed by atoms with Crippen LogP contribution < -0.4 is 4.90 Å². The zero-order chi connectivity index (χ0) is 10.4. The maximum absolute atomic E-state index is 6.06. The number of hydrogen-bond donors (Lipinski definition) is 0. The number of fused-ring (bicyclic) bond motifs is 3. The van der Waals surface area contributed by atoms with Gasteiger partial charge in [0.1, 0.15) is 5.69 Å². The van der Waals surface area contributed by atoms with Crippen LogP contribution in [0.1, 0.15) is 5.69 Å². The molecule has 0 fully saturated rings. The van der Waals surface area contributed by atoms with Gasteiger partial charge in [-0.1, -0.05) is 16.8 Å². The van der Waals surface area contributed by atoms with Gasteiger partial charge in [0.15, 0.2) is 5.15 Å². The maximum atomic E-state index is 6.06. The molecule has 0 unspecified atom stereocenters. The van der Waals surface area contributed by atoms with Crippen LogP contribution in [0.25, 0.3) is 5.69 Å². The SMILES string of the molecule is CN1Cc2cnnn2-c2ccnc(Cl)c21. The zero-order valence-corrected chi connectivity index (χ0v) is 8.81. The van der Waals surface area contributed by atoms with Crippen LogP contribution in [0.15, 0.2) is 18.5 Å². The summed E-state index contributed by atoms with van der Waals surface area (Å²) >= 11 is 6.06. The lowest BCUT2D eigenvalue weighted by atomic mass is 10.2. The Bertz CT molecular complexity index is 521. The molecule has 1 aliphatic rings. The summed E-state index contributed by atoms with van der Waals surface area (Å²) in [6.07, 6.45) is 3.43. The molecule has 0 atom stereocenters. The van der Waals surface area contributed by atoms with E-state index in [1.807, 2.05) is 18.0 Å². The van der Waals surface area contributed by atoms with E-state index in [4.69, 9.17) is 11.6 Å². The molecule has 5 nitrogen and oxygen atoms in total. The molecule has 76 valence electrons. The van der Waals surface area contributed by atoms with Crippen LogP contribution in [0, 0.1) is 0 Å². The Morgan fingerprint density at radius 1 is 1.47 bits per heavy atom. The normalized spacial score (nSPS) is 13.6. The second kappa shape index (κ2) is 2.93. The molecule has 0 spiro atoms. The first-order chi connectivity index (χ1) is 7.27. The molecule has 0 radical (unpaired) electrons. The van der Waals surface area contributed by atoms with Gasteiger partial charge in [-0.15, -0.1) is 5.10 Å². The summed E-state index contributed by atoms with van der Waals surface area (Å²) in [7, 11) is 1.98. The fourth-order valence-corrected chi connectivity index (χ4v) is 2.13. The summed E-state index contributed by atoms with van der Waals surface area (Å²) in [6, 6.07) is 1.88. The van der Waals surface area contributed by atoms with Crippen molar-refractivity contribution in [3.05, 3.63) is 29.3 Å². The summed E-state index contributed by atoms with van der Waals surface area (Å²) in [5.74, 6) is 0. The number of rotatable bonds is 0. The third-order valence-electron chi connectivity index (χ3n) is 2.49. The predicted molar refractivity (Wildman–Crippen MR) is 56.3 cm³/mol. The first-order valence-electron chi connectivity index (χ1n) is 4.53. The highest BCUT2D eigenvalue weighted by Gasteiger charge is 2.23. The van der Waals surface area contributed by atoms with Crippen molar-refractivity contribution in [2.75, 3.05) is 11.9 Å². The number of anilines is 1. The molecule has 2 aromatic heterocycles. The highest BCUT2D eigenvalue weighted by Crippen LogP contribution is 2.34. The minimum atomic E-state index is 0.496. The zero-order valence-electron chi connectivity index (χ0n) is 8.05. The van der Waals surface area contributed by atoms with Gasteiger partial charge >= 0.3 is 0 Å². The van der Waals surface area contributed by atoms with Crippen LogP contribution in [-0.4, -0.2) is 27.0 Å². The quantitative estimate of drug-likeness (QED) is 0.629. The molecule has 6 heteroatoms. The third-order valence-corrected chi connectivity index (χ3v) is 2.76. The van der Waals surface area contributed by atoms with E-state index in [9.17, 15) is 0 Å². The Kier molecular flexibility index (Phi) is 1.70. The summed E-state index contributed by atoms with van der Waals surface area (Å²) < 4.78 is 1.79. The Morgan fingerprint density at radius 3 is 3.20 bits per heavy atom. The van der Waals surface area contributed by atoms with Crippen molar-refractivity contribution in [3.8, 4) is 5.69 Å². The number of halogens is 1. The second-order valence-corrected chi connectivity index (χ2v) is 3.82. The molecule has 1 aliphatic heterocycles. The van der Waals surface area contributed by atoms with Gasteiger partial charge in [-0.25, -0.2) is 9.67 Å². The van der Waals surface area contributed by atoms with Crippen molar-refractivity contribution >= 4 is 17.3 Å². The Labute approximate surface area is 91.3 Å². The third kappa shape index (κ3) is 1.13. The second-order valence-electron chi connectivity index (χ2n) is 3.46. The molecule has 0 saturated heterocycles. The molecular formula is C9H8ClN5. The fourth-order valence-electron chi connectivity index (χ4n) is 1.83. The first kappa shape index (κ1) is 8.67. The molecule has 0 aromatic carbocycles. The van der Waals surface area contributed by atoms with Crippen molar-refractivity contribution in [2.24, 2.45) is 0 Å². The van der Waals surface area contributed by atoms with Gasteiger partial charge in [-0.05, 0) is 6.07 Å². The minimum absolute atomic E-state index is 0.496. The van der Waals surface area contributed by atoms with Crippen molar-refractivity contribution in [2.45, 2.75) is 6.54 Å². The average Bonchev–Trinajstić information content (AvgIpc) is 2.65. The van der Waals surface area contributed by atoms with Crippen LogP contribution in [-0.2, 0) is 6.54 Å². The largest absolute Gasteiger partial charge is 0.364 e. The summed E-state index contributed by atoms with van der Waals surface area (Å²) in [5, 5.41) is 8.41. The van der Waals surface area contributed by atoms with E-state index < -0.39 is 0 Å². The smallest absolute Gasteiger partial charge is 0.154 e. The highest BCUT2D eigenvalue weighted by atomic mass is 35.5. The van der Waals surface area contributed by atoms with Gasteiger partial charge in [0.25, 0.3) is 0 Å². The molecular weight excluding hydrogens is 214 g/mol. The van der Waals surface area contributed by atoms with E-state index >= 15 is 0 Å². The van der Waals surface area contributed by atoms with Crippen LogP contribution in [0.4, 0.5) is 5.69 Å². The molecule has 2 aromatic rings. The van der Waals surface area contributed by atoms with Crippen molar-refractivity contribution < 1.29 is 0 Å². The predicted octanol–water partition coefficient (Wildman–Crippen LogP) is 1.27. The number of hydrogen-bond acceptors (Lipinski definition) is 4. The summed E-state index contributed by atoms with van der Waals surface area (Å²) in [6.45, 7) is 0.741. The van der Waals surface area contributed by atoms with E-state index in [2.05, 4.69) is 15.3 Å².